The summed E-state index contributed by atoms with van der Waals surface area (Å²) >= 11 is 16.4. The molecule has 2 unspecified atom stereocenters. The molecule has 102 valence electrons. The second kappa shape index (κ2) is 6.06. The van der Waals surface area contributed by atoms with E-state index in [0.29, 0.717) is 8.36 Å². The number of carbonyl (C=O) groups is 3. The minimum atomic E-state index is -1.49. The lowest BCUT2D eigenvalue weighted by molar-refractivity contribution is -0.144. The first kappa shape index (κ1) is 15.5. The van der Waals surface area contributed by atoms with Gasteiger partial charge in [-0.2, -0.15) is 4.42 Å². The van der Waals surface area contributed by atoms with E-state index in [2.05, 4.69) is 0 Å². The molecule has 6 nitrogen and oxygen atoms in total. The van der Waals surface area contributed by atoms with E-state index in [-0.39, 0.29) is 12.5 Å². The van der Waals surface area contributed by atoms with Gasteiger partial charge >= 0.3 is 6.03 Å². The van der Waals surface area contributed by atoms with Crippen LogP contribution in [0.4, 0.5) is 4.79 Å². The molecular weight excluding hydrogens is 304 g/mol. The van der Waals surface area contributed by atoms with Crippen LogP contribution >= 0.6 is 35.3 Å². The van der Waals surface area contributed by atoms with Gasteiger partial charge in [0, 0.05) is 18.3 Å². The fourth-order valence-electron chi connectivity index (χ4n) is 1.43. The standard InChI is InChI=1S/C9H12Cl3N3O3/c1-3-5(2)4-13-7(16)6(15(11)12)8(17)14(10)9(13)18/h5-6H,3-4H2,1-2H3. The molecule has 9 heteroatoms. The van der Waals surface area contributed by atoms with Crippen LogP contribution in [0, 0.1) is 5.92 Å². The minimum absolute atomic E-state index is 0.0796. The summed E-state index contributed by atoms with van der Waals surface area (Å²) in [6.45, 7) is 3.94. The molecule has 0 N–H and O–H groups in total. The lowest BCUT2D eigenvalue weighted by Crippen LogP contribution is -2.62. The molecule has 0 saturated carbocycles. The van der Waals surface area contributed by atoms with Crippen LogP contribution in [-0.2, 0) is 9.59 Å². The maximum atomic E-state index is 12.0. The van der Waals surface area contributed by atoms with Gasteiger partial charge in [0.1, 0.15) is 0 Å². The highest BCUT2D eigenvalue weighted by molar-refractivity contribution is 6.41. The first-order valence-corrected chi connectivity index (χ1v) is 6.28. The van der Waals surface area contributed by atoms with Crippen LogP contribution in [0.5, 0.6) is 0 Å². The van der Waals surface area contributed by atoms with Crippen LogP contribution < -0.4 is 0 Å². The molecule has 0 aromatic heterocycles. The summed E-state index contributed by atoms with van der Waals surface area (Å²) in [7, 11) is 0. The average molecular weight is 317 g/mol. The van der Waals surface area contributed by atoms with Crippen LogP contribution in [0.15, 0.2) is 0 Å². The molecule has 1 aliphatic rings. The van der Waals surface area contributed by atoms with Gasteiger partial charge in [0.2, 0.25) is 6.04 Å². The van der Waals surface area contributed by atoms with Gasteiger partial charge in [0.15, 0.2) is 0 Å². The SMILES string of the molecule is CCC(C)CN1C(=O)C(N(Cl)Cl)C(=O)N(Cl)C1=O. The Morgan fingerprint density at radius 1 is 1.28 bits per heavy atom. The van der Waals surface area contributed by atoms with Gasteiger partial charge in [-0.15, -0.1) is 3.94 Å². The highest BCUT2D eigenvalue weighted by Gasteiger charge is 2.48. The van der Waals surface area contributed by atoms with Gasteiger partial charge in [0.25, 0.3) is 11.8 Å². The topological polar surface area (TPSA) is 60.9 Å². The van der Waals surface area contributed by atoms with E-state index in [0.717, 1.165) is 11.3 Å². The van der Waals surface area contributed by atoms with Crippen LogP contribution in [0.2, 0.25) is 0 Å². The molecule has 0 aromatic carbocycles. The summed E-state index contributed by atoms with van der Waals surface area (Å²) in [6, 6.07) is -2.37. The zero-order valence-electron chi connectivity index (χ0n) is 9.77. The Kier molecular flexibility index (Phi) is 5.21. The van der Waals surface area contributed by atoms with Gasteiger partial charge < -0.3 is 0 Å². The number of nitrogens with zero attached hydrogens (tertiary/aromatic N) is 3. The molecule has 1 rings (SSSR count). The number of imide groups is 2. The van der Waals surface area contributed by atoms with Crippen LogP contribution in [0.3, 0.4) is 0 Å². The monoisotopic (exact) mass is 315 g/mol. The maximum absolute atomic E-state index is 12.0. The van der Waals surface area contributed by atoms with Crippen LogP contribution in [0.25, 0.3) is 0 Å². The van der Waals surface area contributed by atoms with Crippen molar-refractivity contribution in [1.29, 1.82) is 0 Å². The minimum Gasteiger partial charge on any atom is -0.272 e. The van der Waals surface area contributed by atoms with Gasteiger partial charge in [0.05, 0.1) is 0 Å². The van der Waals surface area contributed by atoms with Crippen LogP contribution in [-0.4, -0.2) is 43.7 Å². The molecule has 1 heterocycles. The molecule has 0 spiro atoms. The highest BCUT2D eigenvalue weighted by Crippen LogP contribution is 2.23. The Morgan fingerprint density at radius 2 is 1.83 bits per heavy atom. The van der Waals surface area contributed by atoms with Crippen molar-refractivity contribution >= 4 is 53.2 Å². The van der Waals surface area contributed by atoms with Crippen molar-refractivity contribution in [1.82, 2.24) is 13.3 Å². The fraction of sp³-hybridized carbons (Fsp3) is 0.667. The van der Waals surface area contributed by atoms with E-state index < -0.39 is 23.9 Å². The van der Waals surface area contributed by atoms with Crippen molar-refractivity contribution in [3.63, 3.8) is 0 Å². The van der Waals surface area contributed by atoms with Crippen molar-refractivity contribution in [2.45, 2.75) is 26.3 Å². The Labute approximate surface area is 120 Å². The first-order chi connectivity index (χ1) is 8.31. The second-order valence-electron chi connectivity index (χ2n) is 4.03. The maximum Gasteiger partial charge on any atom is 0.348 e. The molecule has 2 atom stereocenters. The van der Waals surface area contributed by atoms with Crippen molar-refractivity contribution in [3.8, 4) is 0 Å². The molecule has 1 aliphatic heterocycles. The zero-order chi connectivity index (χ0) is 14.0. The number of rotatable bonds is 4. The Balaban J connectivity index is 2.99. The summed E-state index contributed by atoms with van der Waals surface area (Å²) in [4.78, 5) is 36.2. The smallest absolute Gasteiger partial charge is 0.272 e. The molecule has 1 saturated heterocycles. The Morgan fingerprint density at radius 3 is 2.28 bits per heavy atom. The normalized spacial score (nSPS) is 23.0. The third-order valence-corrected chi connectivity index (χ3v) is 3.41. The quantitative estimate of drug-likeness (QED) is 0.587. The second-order valence-corrected chi connectivity index (χ2v) is 5.27. The molecule has 0 radical (unpaired) electrons. The summed E-state index contributed by atoms with van der Waals surface area (Å²) in [5.41, 5.74) is 0. The number of halogens is 3. The summed E-state index contributed by atoms with van der Waals surface area (Å²) in [5, 5.41) is 0. The molecule has 18 heavy (non-hydrogen) atoms. The molecule has 4 amide bonds. The molecular formula is C9H12Cl3N3O3. The number of barbiturate groups is 1. The van der Waals surface area contributed by atoms with Crippen molar-refractivity contribution in [3.05, 3.63) is 0 Å². The zero-order valence-corrected chi connectivity index (χ0v) is 12.0. The van der Waals surface area contributed by atoms with E-state index in [1.54, 1.807) is 0 Å². The summed E-state index contributed by atoms with van der Waals surface area (Å²) in [6.07, 6.45) is 0.767. The fourth-order valence-corrected chi connectivity index (χ4v) is 1.95. The molecule has 0 aliphatic carbocycles. The molecule has 1 fully saturated rings. The Hall–Kier alpha value is -0.560. The highest BCUT2D eigenvalue weighted by atomic mass is 35.5. The lowest BCUT2D eigenvalue weighted by Gasteiger charge is -2.34. The predicted molar refractivity (Wildman–Crippen MR) is 66.6 cm³/mol. The van der Waals surface area contributed by atoms with Crippen molar-refractivity contribution < 1.29 is 14.4 Å². The van der Waals surface area contributed by atoms with Crippen LogP contribution in [0.1, 0.15) is 20.3 Å². The van der Waals surface area contributed by atoms with E-state index in [1.807, 2.05) is 13.8 Å². The average Bonchev–Trinajstić information content (AvgIpc) is 2.31. The van der Waals surface area contributed by atoms with Gasteiger partial charge in [-0.05, 0) is 29.5 Å². The van der Waals surface area contributed by atoms with Gasteiger partial charge in [-0.3, -0.25) is 14.5 Å². The third-order valence-electron chi connectivity index (χ3n) is 2.71. The van der Waals surface area contributed by atoms with E-state index in [4.69, 9.17) is 35.3 Å². The van der Waals surface area contributed by atoms with Gasteiger partial charge in [-0.1, -0.05) is 20.3 Å². The molecule has 0 aromatic rings. The number of urea groups is 1. The number of amides is 4. The molecule has 0 bridgehead atoms. The van der Waals surface area contributed by atoms with E-state index >= 15 is 0 Å². The number of hydrogen-bond donors (Lipinski definition) is 0. The third kappa shape index (κ3) is 2.88. The van der Waals surface area contributed by atoms with Gasteiger partial charge in [-0.25, -0.2) is 4.79 Å². The summed E-state index contributed by atoms with van der Waals surface area (Å²) in [5.74, 6) is -1.65. The largest absolute Gasteiger partial charge is 0.348 e. The number of hydrogen-bond acceptors (Lipinski definition) is 4. The lowest BCUT2D eigenvalue weighted by atomic mass is 10.1. The summed E-state index contributed by atoms with van der Waals surface area (Å²) < 4.78 is 0.725. The van der Waals surface area contributed by atoms with E-state index in [1.165, 1.54) is 0 Å². The first-order valence-electron chi connectivity index (χ1n) is 5.27. The van der Waals surface area contributed by atoms with E-state index in [9.17, 15) is 14.4 Å². The van der Waals surface area contributed by atoms with Crippen molar-refractivity contribution in [2.24, 2.45) is 5.92 Å². The Bertz CT molecular complexity index is 377. The number of carbonyl (C=O) groups excluding carboxylic acids is 3. The predicted octanol–water partition coefficient (Wildman–Crippen LogP) is 1.96. The van der Waals surface area contributed by atoms with Crippen molar-refractivity contribution in [2.75, 3.05) is 6.54 Å².